The highest BCUT2D eigenvalue weighted by molar-refractivity contribution is 5.92. The summed E-state index contributed by atoms with van der Waals surface area (Å²) in [7, 11) is 0. The number of carbonyl (C=O) groups excluding carboxylic acids is 1. The predicted octanol–water partition coefficient (Wildman–Crippen LogP) is 7.26. The second-order valence-corrected chi connectivity index (χ2v) is 8.50. The highest BCUT2D eigenvalue weighted by atomic mass is 19.4. The van der Waals surface area contributed by atoms with Gasteiger partial charge in [-0.1, -0.05) is 24.3 Å². The molecule has 0 saturated heterocycles. The smallest absolute Gasteiger partial charge is 0.453 e. The van der Waals surface area contributed by atoms with Crippen molar-refractivity contribution in [3.8, 4) is 17.2 Å². The van der Waals surface area contributed by atoms with Crippen molar-refractivity contribution >= 4 is 22.6 Å². The first kappa shape index (κ1) is 27.6. The molecule has 0 spiro atoms. The van der Waals surface area contributed by atoms with Gasteiger partial charge in [-0.2, -0.15) is 26.3 Å². The number of anilines is 1. The Labute approximate surface area is 216 Å². The zero-order chi connectivity index (χ0) is 28.5. The van der Waals surface area contributed by atoms with Gasteiger partial charge in [-0.05, 0) is 55.3 Å². The van der Waals surface area contributed by atoms with E-state index in [1.54, 1.807) is 26.0 Å². The number of nitrogens with one attached hydrogen (secondary N) is 1. The zero-order valence-corrected chi connectivity index (χ0v) is 20.3. The summed E-state index contributed by atoms with van der Waals surface area (Å²) in [6.07, 6.45) is -9.81. The maximum atomic E-state index is 13.8. The van der Waals surface area contributed by atoms with Crippen LogP contribution in [-0.4, -0.2) is 12.5 Å². The van der Waals surface area contributed by atoms with Crippen molar-refractivity contribution in [1.29, 1.82) is 0 Å². The van der Waals surface area contributed by atoms with E-state index in [-0.39, 0.29) is 16.9 Å². The van der Waals surface area contributed by atoms with Crippen molar-refractivity contribution in [3.63, 3.8) is 0 Å². The van der Waals surface area contributed by atoms with E-state index in [0.29, 0.717) is 11.1 Å². The Balaban J connectivity index is 1.61. The van der Waals surface area contributed by atoms with Crippen LogP contribution in [0.1, 0.15) is 22.5 Å². The number of fused-ring (bicyclic) bond motifs is 1. The molecule has 12 heteroatoms. The average molecular weight is 551 g/mol. The van der Waals surface area contributed by atoms with Gasteiger partial charge in [-0.15, -0.1) is 0 Å². The molecule has 39 heavy (non-hydrogen) atoms. The van der Waals surface area contributed by atoms with Crippen LogP contribution < -0.4 is 20.2 Å². The van der Waals surface area contributed by atoms with Crippen molar-refractivity contribution < 1.29 is 45.0 Å². The number of halogens is 6. The van der Waals surface area contributed by atoms with E-state index in [1.807, 2.05) is 0 Å². The number of benzene rings is 3. The zero-order valence-electron chi connectivity index (χ0n) is 20.3. The third-order valence-electron chi connectivity index (χ3n) is 5.51. The molecule has 1 amide bonds. The van der Waals surface area contributed by atoms with Crippen molar-refractivity contribution in [2.24, 2.45) is 0 Å². The molecule has 1 heterocycles. The molecule has 0 aliphatic carbocycles. The van der Waals surface area contributed by atoms with Crippen molar-refractivity contribution in [2.75, 3.05) is 11.9 Å². The van der Waals surface area contributed by atoms with Gasteiger partial charge in [0.25, 0.3) is 11.7 Å². The minimum Gasteiger partial charge on any atom is -0.484 e. The second kappa shape index (κ2) is 10.4. The van der Waals surface area contributed by atoms with Crippen LogP contribution in [0.15, 0.2) is 69.9 Å². The summed E-state index contributed by atoms with van der Waals surface area (Å²) in [6, 6.07) is 12.4. The third kappa shape index (κ3) is 6.16. The molecule has 0 fully saturated rings. The van der Waals surface area contributed by atoms with E-state index in [0.717, 1.165) is 30.3 Å². The maximum Gasteiger partial charge on any atom is 0.453 e. The van der Waals surface area contributed by atoms with Crippen molar-refractivity contribution in [3.05, 3.63) is 93.3 Å². The van der Waals surface area contributed by atoms with Gasteiger partial charge >= 0.3 is 12.4 Å². The SMILES string of the molecule is Cc1ccc(C)c(Oc2c(C(F)(F)F)oc3cc(OCC(=O)Nc4ccccc4C(F)(F)F)ccc3c2=O)c1. The van der Waals surface area contributed by atoms with Gasteiger partial charge < -0.3 is 19.2 Å². The Hall–Kier alpha value is -4.48. The van der Waals surface area contributed by atoms with Gasteiger partial charge in [0.05, 0.1) is 16.6 Å². The Kier molecular flexibility index (Phi) is 7.31. The fourth-order valence-electron chi connectivity index (χ4n) is 3.63. The first-order valence-electron chi connectivity index (χ1n) is 11.3. The van der Waals surface area contributed by atoms with Crippen LogP contribution in [0.5, 0.6) is 17.2 Å². The molecule has 4 aromatic rings. The Morgan fingerprint density at radius 1 is 0.923 bits per heavy atom. The molecule has 0 saturated carbocycles. The lowest BCUT2D eigenvalue weighted by atomic mass is 10.1. The van der Waals surface area contributed by atoms with Crippen LogP contribution in [0.3, 0.4) is 0 Å². The third-order valence-corrected chi connectivity index (χ3v) is 5.51. The van der Waals surface area contributed by atoms with Gasteiger partial charge in [0.15, 0.2) is 6.61 Å². The first-order chi connectivity index (χ1) is 18.2. The van der Waals surface area contributed by atoms with E-state index in [1.165, 1.54) is 18.2 Å². The molecule has 0 atom stereocenters. The summed E-state index contributed by atoms with van der Waals surface area (Å²) in [4.78, 5) is 25.2. The maximum absolute atomic E-state index is 13.8. The van der Waals surface area contributed by atoms with Gasteiger partial charge in [-0.3, -0.25) is 9.59 Å². The quantitative estimate of drug-likeness (QED) is 0.255. The summed E-state index contributed by atoms with van der Waals surface area (Å²) in [5, 5.41) is 1.83. The number of ether oxygens (including phenoxy) is 2. The number of carbonyl (C=O) groups is 1. The molecule has 0 aliphatic rings. The molecule has 1 aromatic heterocycles. The summed E-state index contributed by atoms with van der Waals surface area (Å²) in [5.41, 5.74) is -1.95. The highest BCUT2D eigenvalue weighted by Crippen LogP contribution is 2.39. The topological polar surface area (TPSA) is 77.8 Å². The van der Waals surface area contributed by atoms with Crippen LogP contribution in [0.25, 0.3) is 11.0 Å². The summed E-state index contributed by atoms with van der Waals surface area (Å²) in [6.45, 7) is 2.53. The lowest BCUT2D eigenvalue weighted by Gasteiger charge is -2.15. The van der Waals surface area contributed by atoms with Crippen LogP contribution in [0.4, 0.5) is 32.0 Å². The lowest BCUT2D eigenvalue weighted by Crippen LogP contribution is -2.22. The molecule has 0 aliphatic heterocycles. The normalized spacial score (nSPS) is 11.9. The molecule has 0 bridgehead atoms. The molecule has 0 radical (unpaired) electrons. The number of hydrogen-bond acceptors (Lipinski definition) is 5. The monoisotopic (exact) mass is 551 g/mol. The summed E-state index contributed by atoms with van der Waals surface area (Å²) >= 11 is 0. The number of para-hydroxylation sites is 1. The first-order valence-corrected chi connectivity index (χ1v) is 11.3. The van der Waals surface area contributed by atoms with Crippen LogP contribution in [0, 0.1) is 13.8 Å². The van der Waals surface area contributed by atoms with Gasteiger partial charge in [-0.25, -0.2) is 0 Å². The van der Waals surface area contributed by atoms with E-state index >= 15 is 0 Å². The number of hydrogen-bond donors (Lipinski definition) is 1. The molecule has 4 rings (SSSR count). The van der Waals surface area contributed by atoms with E-state index in [2.05, 4.69) is 5.32 Å². The van der Waals surface area contributed by atoms with E-state index in [4.69, 9.17) is 13.9 Å². The van der Waals surface area contributed by atoms with Crippen LogP contribution >= 0.6 is 0 Å². The number of rotatable bonds is 6. The molecular weight excluding hydrogens is 532 g/mol. The molecule has 3 aromatic carbocycles. The highest BCUT2D eigenvalue weighted by Gasteiger charge is 2.40. The Morgan fingerprint density at radius 3 is 2.33 bits per heavy atom. The standard InChI is InChI=1S/C27H19F6NO5/c1-14-7-8-15(2)20(11-14)38-24-23(36)17-10-9-16(12-21(17)39-25(24)27(31,32)33)37-13-22(35)34-19-6-4-3-5-18(19)26(28,29)30/h3-12H,13H2,1-2H3,(H,34,35). The summed E-state index contributed by atoms with van der Waals surface area (Å²) in [5.74, 6) is -3.78. The number of alkyl halides is 6. The Bertz CT molecular complexity index is 1610. The van der Waals surface area contributed by atoms with E-state index < -0.39 is 58.6 Å². The van der Waals surface area contributed by atoms with Gasteiger partial charge in [0.2, 0.25) is 11.2 Å². The molecule has 1 N–H and O–H groups in total. The van der Waals surface area contributed by atoms with Crippen molar-refractivity contribution in [2.45, 2.75) is 26.2 Å². The molecular formula is C27H19F6NO5. The lowest BCUT2D eigenvalue weighted by molar-refractivity contribution is -0.154. The minimum absolute atomic E-state index is 0.0465. The predicted molar refractivity (Wildman–Crippen MR) is 129 cm³/mol. The number of aryl methyl sites for hydroxylation is 2. The molecule has 204 valence electrons. The number of amides is 1. The fraction of sp³-hybridized carbons (Fsp3) is 0.185. The van der Waals surface area contributed by atoms with Gasteiger partial charge in [0, 0.05) is 6.07 Å². The summed E-state index contributed by atoms with van der Waals surface area (Å²) < 4.78 is 96.5. The minimum atomic E-state index is -5.09. The second-order valence-electron chi connectivity index (χ2n) is 8.50. The van der Waals surface area contributed by atoms with Crippen LogP contribution in [0.2, 0.25) is 0 Å². The average Bonchev–Trinajstić information content (AvgIpc) is 2.85. The molecule has 0 unspecified atom stereocenters. The van der Waals surface area contributed by atoms with E-state index in [9.17, 15) is 35.9 Å². The van der Waals surface area contributed by atoms with Crippen LogP contribution in [-0.2, 0) is 17.1 Å². The molecule has 6 nitrogen and oxygen atoms in total. The largest absolute Gasteiger partial charge is 0.484 e. The van der Waals surface area contributed by atoms with Crippen molar-refractivity contribution in [1.82, 2.24) is 0 Å². The fourth-order valence-corrected chi connectivity index (χ4v) is 3.63. The van der Waals surface area contributed by atoms with Gasteiger partial charge in [0.1, 0.15) is 17.1 Å². The Morgan fingerprint density at radius 2 is 1.64 bits per heavy atom.